The number of nitrogens with zero attached hydrogens (tertiary/aromatic N) is 2. The van der Waals surface area contributed by atoms with Gasteiger partial charge < -0.3 is 19.5 Å². The van der Waals surface area contributed by atoms with Gasteiger partial charge in [-0.25, -0.2) is 0 Å². The van der Waals surface area contributed by atoms with Gasteiger partial charge in [-0.1, -0.05) is 12.1 Å². The van der Waals surface area contributed by atoms with Gasteiger partial charge in [0.25, 0.3) is 5.91 Å². The molecule has 1 amide bonds. The van der Waals surface area contributed by atoms with Gasteiger partial charge in [0.05, 0.1) is 12.7 Å². The molecule has 0 radical (unpaired) electrons. The molecule has 1 aromatic heterocycles. The molecule has 0 aliphatic heterocycles. The molecule has 1 rings (SSSR count). The van der Waals surface area contributed by atoms with Gasteiger partial charge in [-0.2, -0.15) is 0 Å². The molecule has 0 aliphatic rings. The van der Waals surface area contributed by atoms with Crippen molar-refractivity contribution in [3.05, 3.63) is 11.3 Å². The smallest absolute Gasteiger partial charge is 0.314 e. The number of nitrogens with one attached hydrogen (secondary N) is 1. The number of aromatic nitrogens is 1. The minimum atomic E-state index is -0.230. The Morgan fingerprint density at radius 2 is 2.15 bits per heavy atom. The van der Waals surface area contributed by atoms with Gasteiger partial charge in [-0.15, -0.1) is 0 Å². The van der Waals surface area contributed by atoms with E-state index in [1.54, 1.807) is 6.92 Å². The molecule has 114 valence electrons. The molecule has 1 atom stereocenters. The van der Waals surface area contributed by atoms with Crippen molar-refractivity contribution in [2.24, 2.45) is 0 Å². The van der Waals surface area contributed by atoms with Crippen LogP contribution in [0.4, 0.5) is 0 Å². The highest BCUT2D eigenvalue weighted by molar-refractivity contribution is 5.93. The lowest BCUT2D eigenvalue weighted by molar-refractivity contribution is 0.0927. The minimum absolute atomic E-state index is 0.0733. The van der Waals surface area contributed by atoms with Crippen LogP contribution in [0, 0.1) is 6.92 Å². The van der Waals surface area contributed by atoms with E-state index in [2.05, 4.69) is 43.3 Å². The van der Waals surface area contributed by atoms with E-state index in [-0.39, 0.29) is 23.1 Å². The molecular weight excluding hydrogens is 258 g/mol. The molecule has 0 aromatic carbocycles. The molecule has 0 fully saturated rings. The zero-order chi connectivity index (χ0) is 15.3. The van der Waals surface area contributed by atoms with E-state index >= 15 is 0 Å². The van der Waals surface area contributed by atoms with Crippen molar-refractivity contribution in [2.75, 3.05) is 27.7 Å². The van der Waals surface area contributed by atoms with E-state index in [9.17, 15) is 4.79 Å². The topological polar surface area (TPSA) is 67.6 Å². The highest BCUT2D eigenvalue weighted by Gasteiger charge is 2.25. The average molecular weight is 283 g/mol. The summed E-state index contributed by atoms with van der Waals surface area (Å²) in [7, 11) is 5.59. The normalized spacial score (nSPS) is 14.2. The number of hydrogen-bond acceptors (Lipinski definition) is 5. The van der Waals surface area contributed by atoms with Crippen molar-refractivity contribution >= 4 is 5.91 Å². The second-order valence-corrected chi connectivity index (χ2v) is 5.40. The van der Waals surface area contributed by atoms with Crippen molar-refractivity contribution in [3.8, 4) is 5.95 Å². The van der Waals surface area contributed by atoms with Crippen molar-refractivity contribution in [1.82, 2.24) is 15.4 Å². The maximum atomic E-state index is 12.0. The lowest BCUT2D eigenvalue weighted by Crippen LogP contribution is -2.43. The molecule has 1 aromatic rings. The van der Waals surface area contributed by atoms with E-state index in [0.29, 0.717) is 12.1 Å². The van der Waals surface area contributed by atoms with Gasteiger partial charge in [-0.3, -0.25) is 4.79 Å². The summed E-state index contributed by atoms with van der Waals surface area (Å²) in [5.41, 5.74) is 0.977. The standard InChI is InChI=1S/C14H25N3O3/c1-7-14(3,17(4)5)8-9-15-12(18)11-10(2)13(19-6)20-16-11/h7-9H2,1-6H3,(H,15,18). The molecule has 0 bridgehead atoms. The first-order valence-electron chi connectivity index (χ1n) is 6.81. The molecule has 0 spiro atoms. The maximum Gasteiger partial charge on any atom is 0.314 e. The largest absolute Gasteiger partial charge is 0.467 e. The van der Waals surface area contributed by atoms with Gasteiger partial charge in [0.2, 0.25) is 0 Å². The van der Waals surface area contributed by atoms with Crippen LogP contribution in [0.1, 0.15) is 42.7 Å². The Kier molecular flexibility index (Phi) is 5.56. The summed E-state index contributed by atoms with van der Waals surface area (Å²) in [6, 6.07) is 0. The molecule has 1 unspecified atom stereocenters. The number of carbonyl (C=O) groups is 1. The molecular formula is C14H25N3O3. The minimum Gasteiger partial charge on any atom is -0.467 e. The van der Waals surface area contributed by atoms with E-state index in [4.69, 9.17) is 9.26 Å². The molecule has 20 heavy (non-hydrogen) atoms. The number of amides is 1. The summed E-state index contributed by atoms with van der Waals surface area (Å²) < 4.78 is 9.90. The van der Waals surface area contributed by atoms with Gasteiger partial charge in [0, 0.05) is 12.1 Å². The molecule has 6 heteroatoms. The van der Waals surface area contributed by atoms with Crippen LogP contribution < -0.4 is 10.1 Å². The fraction of sp³-hybridized carbons (Fsp3) is 0.714. The van der Waals surface area contributed by atoms with E-state index < -0.39 is 0 Å². The van der Waals surface area contributed by atoms with Crippen LogP contribution in [0.5, 0.6) is 5.95 Å². The van der Waals surface area contributed by atoms with Gasteiger partial charge in [0.1, 0.15) is 0 Å². The third-order valence-corrected chi connectivity index (χ3v) is 4.07. The van der Waals surface area contributed by atoms with Crippen LogP contribution in [0.15, 0.2) is 4.52 Å². The van der Waals surface area contributed by atoms with Gasteiger partial charge in [0.15, 0.2) is 5.69 Å². The summed E-state index contributed by atoms with van der Waals surface area (Å²) in [5, 5.41) is 6.61. The second kappa shape index (κ2) is 6.74. The molecule has 0 aliphatic carbocycles. The number of methoxy groups -OCH3 is 1. The highest BCUT2D eigenvalue weighted by atomic mass is 16.6. The summed E-state index contributed by atoms with van der Waals surface area (Å²) >= 11 is 0. The Bertz CT molecular complexity index is 457. The summed E-state index contributed by atoms with van der Waals surface area (Å²) in [5.74, 6) is 0.0496. The van der Waals surface area contributed by atoms with Gasteiger partial charge >= 0.3 is 5.95 Å². The van der Waals surface area contributed by atoms with E-state index in [1.807, 2.05) is 0 Å². The summed E-state index contributed by atoms with van der Waals surface area (Å²) in [6.07, 6.45) is 1.89. The Hall–Kier alpha value is -1.56. The predicted molar refractivity (Wildman–Crippen MR) is 77.1 cm³/mol. The first-order chi connectivity index (χ1) is 9.35. The molecule has 6 nitrogen and oxygen atoms in total. The van der Waals surface area contributed by atoms with Crippen LogP contribution in [-0.4, -0.2) is 49.3 Å². The average Bonchev–Trinajstić information content (AvgIpc) is 2.79. The van der Waals surface area contributed by atoms with Crippen molar-refractivity contribution < 1.29 is 14.1 Å². The Morgan fingerprint density at radius 3 is 2.60 bits per heavy atom. The summed E-state index contributed by atoms with van der Waals surface area (Å²) in [6.45, 7) is 6.67. The lowest BCUT2D eigenvalue weighted by Gasteiger charge is -2.35. The Morgan fingerprint density at radius 1 is 1.50 bits per heavy atom. The number of ether oxygens (including phenoxy) is 1. The SMILES string of the molecule is CCC(C)(CCNC(=O)c1noc(OC)c1C)N(C)C. The van der Waals surface area contributed by atoms with E-state index in [1.165, 1.54) is 7.11 Å². The first-order valence-corrected chi connectivity index (χ1v) is 6.81. The van der Waals surface area contributed by atoms with Crippen LogP contribution in [-0.2, 0) is 0 Å². The molecule has 0 saturated carbocycles. The second-order valence-electron chi connectivity index (χ2n) is 5.40. The lowest BCUT2D eigenvalue weighted by atomic mass is 9.93. The fourth-order valence-electron chi connectivity index (χ4n) is 1.97. The fourth-order valence-corrected chi connectivity index (χ4v) is 1.97. The van der Waals surface area contributed by atoms with Crippen LogP contribution in [0.2, 0.25) is 0 Å². The number of rotatable bonds is 7. The van der Waals surface area contributed by atoms with Crippen LogP contribution in [0.3, 0.4) is 0 Å². The molecule has 1 heterocycles. The number of hydrogen-bond donors (Lipinski definition) is 1. The van der Waals surface area contributed by atoms with Crippen LogP contribution in [0.25, 0.3) is 0 Å². The Labute approximate surface area is 120 Å². The third-order valence-electron chi connectivity index (χ3n) is 4.07. The predicted octanol–water partition coefficient (Wildman–Crippen LogP) is 1.84. The Balaban J connectivity index is 2.58. The van der Waals surface area contributed by atoms with Gasteiger partial charge in [-0.05, 0) is 40.8 Å². The third kappa shape index (κ3) is 3.50. The van der Waals surface area contributed by atoms with E-state index in [0.717, 1.165) is 12.8 Å². The zero-order valence-corrected chi connectivity index (χ0v) is 13.2. The summed E-state index contributed by atoms with van der Waals surface area (Å²) in [4.78, 5) is 14.2. The van der Waals surface area contributed by atoms with Crippen molar-refractivity contribution in [1.29, 1.82) is 0 Å². The molecule has 0 saturated heterocycles. The molecule has 1 N–H and O–H groups in total. The van der Waals surface area contributed by atoms with Crippen molar-refractivity contribution in [2.45, 2.75) is 39.2 Å². The quantitative estimate of drug-likeness (QED) is 0.827. The first kappa shape index (κ1) is 16.5. The van der Waals surface area contributed by atoms with Crippen LogP contribution >= 0.6 is 0 Å². The monoisotopic (exact) mass is 283 g/mol. The zero-order valence-electron chi connectivity index (χ0n) is 13.2. The number of carbonyl (C=O) groups excluding carboxylic acids is 1. The maximum absolute atomic E-state index is 12.0. The highest BCUT2D eigenvalue weighted by Crippen LogP contribution is 2.21. The van der Waals surface area contributed by atoms with Crippen molar-refractivity contribution in [3.63, 3.8) is 0 Å².